The first kappa shape index (κ1) is 16.2. The highest BCUT2D eigenvalue weighted by molar-refractivity contribution is 5.78. The fourth-order valence-corrected chi connectivity index (χ4v) is 1.75. The standard InChI is InChI=1S/C15H21NO4/c1-4-19-15(18)14(20-12(3)17)10-16-11(2)13-8-6-5-7-9-13/h5-9,11,14,16H,4,10H2,1-3H3/t11-,14-/m1/s1. The van der Waals surface area contributed by atoms with Crippen LogP contribution in [-0.4, -0.2) is 31.2 Å². The molecule has 0 saturated carbocycles. The molecule has 0 aliphatic carbocycles. The van der Waals surface area contributed by atoms with E-state index in [2.05, 4.69) is 5.32 Å². The summed E-state index contributed by atoms with van der Waals surface area (Å²) in [6.07, 6.45) is -0.918. The molecule has 1 aromatic rings. The summed E-state index contributed by atoms with van der Waals surface area (Å²) in [7, 11) is 0. The van der Waals surface area contributed by atoms with Crippen molar-refractivity contribution in [3.8, 4) is 0 Å². The summed E-state index contributed by atoms with van der Waals surface area (Å²) in [6, 6.07) is 9.86. The van der Waals surface area contributed by atoms with E-state index >= 15 is 0 Å². The third-order valence-corrected chi connectivity index (χ3v) is 2.77. The van der Waals surface area contributed by atoms with Crippen LogP contribution in [0.15, 0.2) is 30.3 Å². The van der Waals surface area contributed by atoms with Crippen LogP contribution < -0.4 is 5.32 Å². The van der Waals surface area contributed by atoms with Crippen LogP contribution in [0.3, 0.4) is 0 Å². The first-order valence-corrected chi connectivity index (χ1v) is 6.66. The first-order valence-electron chi connectivity index (χ1n) is 6.66. The molecule has 1 aromatic carbocycles. The summed E-state index contributed by atoms with van der Waals surface area (Å²) in [5, 5.41) is 3.17. The number of carbonyl (C=O) groups excluding carboxylic acids is 2. The van der Waals surface area contributed by atoms with Crippen LogP contribution >= 0.6 is 0 Å². The zero-order valence-corrected chi connectivity index (χ0v) is 12.1. The van der Waals surface area contributed by atoms with Crippen molar-refractivity contribution in [1.29, 1.82) is 0 Å². The molecule has 0 aliphatic heterocycles. The highest BCUT2D eigenvalue weighted by Gasteiger charge is 2.23. The van der Waals surface area contributed by atoms with Crippen molar-refractivity contribution >= 4 is 11.9 Å². The van der Waals surface area contributed by atoms with Crippen LogP contribution in [0, 0.1) is 0 Å². The molecule has 0 aliphatic rings. The minimum absolute atomic E-state index is 0.0451. The van der Waals surface area contributed by atoms with E-state index in [1.165, 1.54) is 6.92 Å². The maximum absolute atomic E-state index is 11.7. The van der Waals surface area contributed by atoms with Gasteiger partial charge < -0.3 is 14.8 Å². The Morgan fingerprint density at radius 3 is 2.45 bits per heavy atom. The number of benzene rings is 1. The molecule has 0 radical (unpaired) electrons. The van der Waals surface area contributed by atoms with Gasteiger partial charge in [0.25, 0.3) is 0 Å². The fourth-order valence-electron chi connectivity index (χ4n) is 1.75. The van der Waals surface area contributed by atoms with Gasteiger partial charge in [0.2, 0.25) is 6.10 Å². The van der Waals surface area contributed by atoms with Gasteiger partial charge in [0.15, 0.2) is 0 Å². The average molecular weight is 279 g/mol. The quantitative estimate of drug-likeness (QED) is 0.771. The van der Waals surface area contributed by atoms with Gasteiger partial charge in [-0.2, -0.15) is 0 Å². The van der Waals surface area contributed by atoms with E-state index in [-0.39, 0.29) is 19.2 Å². The Morgan fingerprint density at radius 1 is 1.25 bits per heavy atom. The lowest BCUT2D eigenvalue weighted by molar-refractivity contribution is -0.166. The van der Waals surface area contributed by atoms with Gasteiger partial charge in [-0.25, -0.2) is 4.79 Å². The van der Waals surface area contributed by atoms with Crippen molar-refractivity contribution in [2.24, 2.45) is 0 Å². The summed E-state index contributed by atoms with van der Waals surface area (Å²) >= 11 is 0. The van der Waals surface area contributed by atoms with Gasteiger partial charge in [0.05, 0.1) is 6.61 Å². The van der Waals surface area contributed by atoms with Crippen LogP contribution in [0.4, 0.5) is 0 Å². The van der Waals surface area contributed by atoms with E-state index in [9.17, 15) is 9.59 Å². The summed E-state index contributed by atoms with van der Waals surface area (Å²) < 4.78 is 9.86. The number of hydrogen-bond donors (Lipinski definition) is 1. The molecule has 20 heavy (non-hydrogen) atoms. The molecule has 110 valence electrons. The molecular weight excluding hydrogens is 258 g/mol. The van der Waals surface area contributed by atoms with E-state index in [4.69, 9.17) is 9.47 Å². The van der Waals surface area contributed by atoms with Gasteiger partial charge in [0.1, 0.15) is 0 Å². The van der Waals surface area contributed by atoms with Crippen molar-refractivity contribution in [2.75, 3.05) is 13.2 Å². The zero-order valence-electron chi connectivity index (χ0n) is 12.1. The molecule has 0 heterocycles. The Morgan fingerprint density at radius 2 is 1.90 bits per heavy atom. The Hall–Kier alpha value is -1.88. The number of esters is 2. The monoisotopic (exact) mass is 279 g/mol. The average Bonchev–Trinajstić information content (AvgIpc) is 2.43. The maximum atomic E-state index is 11.7. The molecule has 0 amide bonds. The Labute approximate surface area is 119 Å². The molecule has 1 rings (SSSR count). The highest BCUT2D eigenvalue weighted by atomic mass is 16.6. The molecule has 0 aromatic heterocycles. The molecular formula is C15H21NO4. The second-order valence-corrected chi connectivity index (χ2v) is 4.39. The van der Waals surface area contributed by atoms with Crippen molar-refractivity contribution in [3.63, 3.8) is 0 Å². The van der Waals surface area contributed by atoms with Gasteiger partial charge in [0, 0.05) is 19.5 Å². The van der Waals surface area contributed by atoms with Crippen LogP contribution in [0.5, 0.6) is 0 Å². The Bertz CT molecular complexity index is 433. The fraction of sp³-hybridized carbons (Fsp3) is 0.467. The molecule has 5 nitrogen and oxygen atoms in total. The van der Waals surface area contributed by atoms with Crippen molar-refractivity contribution in [1.82, 2.24) is 5.32 Å². The van der Waals surface area contributed by atoms with Crippen LogP contribution in [-0.2, 0) is 19.1 Å². The third-order valence-electron chi connectivity index (χ3n) is 2.77. The van der Waals surface area contributed by atoms with E-state index in [1.807, 2.05) is 37.3 Å². The third kappa shape index (κ3) is 5.40. The topological polar surface area (TPSA) is 64.6 Å². The number of carbonyl (C=O) groups is 2. The van der Waals surface area contributed by atoms with Crippen LogP contribution in [0.2, 0.25) is 0 Å². The number of hydrogen-bond acceptors (Lipinski definition) is 5. The SMILES string of the molecule is CCOC(=O)[C@@H](CN[C@H](C)c1ccccc1)OC(C)=O. The Kier molecular flexibility index (Phi) is 6.73. The predicted octanol–water partition coefficient (Wildman–Crippen LogP) is 1.83. The Balaban J connectivity index is 2.57. The molecule has 1 N–H and O–H groups in total. The van der Waals surface area contributed by atoms with Crippen LogP contribution in [0.1, 0.15) is 32.4 Å². The van der Waals surface area contributed by atoms with Crippen molar-refractivity contribution in [2.45, 2.75) is 32.9 Å². The number of rotatable bonds is 7. The highest BCUT2D eigenvalue weighted by Crippen LogP contribution is 2.11. The zero-order chi connectivity index (χ0) is 15.0. The molecule has 0 unspecified atom stereocenters. The van der Waals surface area contributed by atoms with Crippen molar-refractivity contribution in [3.05, 3.63) is 35.9 Å². The van der Waals surface area contributed by atoms with Crippen molar-refractivity contribution < 1.29 is 19.1 Å². The molecule has 2 atom stereocenters. The molecule has 0 spiro atoms. The van der Waals surface area contributed by atoms with Gasteiger partial charge in [-0.05, 0) is 19.4 Å². The summed E-state index contributed by atoms with van der Waals surface area (Å²) in [5.74, 6) is -1.03. The predicted molar refractivity (Wildman–Crippen MR) is 75.0 cm³/mol. The summed E-state index contributed by atoms with van der Waals surface area (Å²) in [5.41, 5.74) is 1.10. The molecule has 0 fully saturated rings. The molecule has 5 heteroatoms. The van der Waals surface area contributed by atoms with Gasteiger partial charge in [-0.1, -0.05) is 30.3 Å². The number of ether oxygens (including phenoxy) is 2. The normalized spacial score (nSPS) is 13.3. The van der Waals surface area contributed by atoms with E-state index in [0.29, 0.717) is 0 Å². The summed E-state index contributed by atoms with van der Waals surface area (Å²) in [4.78, 5) is 22.7. The van der Waals surface area contributed by atoms with E-state index < -0.39 is 18.0 Å². The second kappa shape index (κ2) is 8.32. The van der Waals surface area contributed by atoms with Crippen LogP contribution in [0.25, 0.3) is 0 Å². The maximum Gasteiger partial charge on any atom is 0.348 e. The number of nitrogens with one attached hydrogen (secondary N) is 1. The minimum Gasteiger partial charge on any atom is -0.463 e. The minimum atomic E-state index is -0.918. The molecule has 0 bridgehead atoms. The lowest BCUT2D eigenvalue weighted by Gasteiger charge is -2.19. The van der Waals surface area contributed by atoms with Gasteiger partial charge >= 0.3 is 11.9 Å². The largest absolute Gasteiger partial charge is 0.463 e. The van der Waals surface area contributed by atoms with Gasteiger partial charge in [-0.15, -0.1) is 0 Å². The lowest BCUT2D eigenvalue weighted by Crippen LogP contribution is -2.39. The summed E-state index contributed by atoms with van der Waals surface area (Å²) in [6.45, 7) is 5.43. The second-order valence-electron chi connectivity index (χ2n) is 4.39. The van der Waals surface area contributed by atoms with E-state index in [1.54, 1.807) is 6.92 Å². The smallest absolute Gasteiger partial charge is 0.348 e. The molecule has 0 saturated heterocycles. The first-order chi connectivity index (χ1) is 9.54. The van der Waals surface area contributed by atoms with E-state index in [0.717, 1.165) is 5.56 Å². The lowest BCUT2D eigenvalue weighted by atomic mass is 10.1. The van der Waals surface area contributed by atoms with Gasteiger partial charge in [-0.3, -0.25) is 4.79 Å².